The Kier molecular flexibility index (Phi) is 5.04. The van der Waals surface area contributed by atoms with Crippen LogP contribution in [0.2, 0.25) is 0 Å². The van der Waals surface area contributed by atoms with Gasteiger partial charge in [0, 0.05) is 31.3 Å². The summed E-state index contributed by atoms with van der Waals surface area (Å²) in [5, 5.41) is 2.64. The molecule has 0 N–H and O–H groups in total. The molecule has 8 rings (SSSR count). The smallest absolute Gasteiger partial charge is 0.179 e. The summed E-state index contributed by atoms with van der Waals surface area (Å²) in [5.41, 5.74) is 9.56. The fourth-order valence-electron chi connectivity index (χ4n) is 5.93. The Labute approximate surface area is 230 Å². The number of allylic oxidation sites excluding steroid dienone is 1. The molecule has 4 heteroatoms. The van der Waals surface area contributed by atoms with Crippen molar-refractivity contribution in [3.63, 3.8) is 0 Å². The number of benzene rings is 4. The van der Waals surface area contributed by atoms with Crippen molar-refractivity contribution in [2.75, 3.05) is 0 Å². The highest BCUT2D eigenvalue weighted by Crippen LogP contribution is 2.42. The highest BCUT2D eigenvalue weighted by molar-refractivity contribution is 7.26. The van der Waals surface area contributed by atoms with E-state index < -0.39 is 0 Å². The first-order valence-corrected chi connectivity index (χ1v) is 14.1. The van der Waals surface area contributed by atoms with Crippen molar-refractivity contribution in [2.24, 2.45) is 0 Å². The molecule has 3 nitrogen and oxygen atoms in total. The average Bonchev–Trinajstić information content (AvgIpc) is 3.56. The van der Waals surface area contributed by atoms with E-state index in [9.17, 15) is 0 Å². The first-order valence-electron chi connectivity index (χ1n) is 13.3. The molecule has 0 radical (unpaired) electrons. The molecule has 0 saturated carbocycles. The van der Waals surface area contributed by atoms with Crippen LogP contribution in [0.3, 0.4) is 0 Å². The second-order valence-electron chi connectivity index (χ2n) is 10.3. The zero-order valence-electron chi connectivity index (χ0n) is 21.4. The van der Waals surface area contributed by atoms with E-state index in [4.69, 9.17) is 4.42 Å². The van der Waals surface area contributed by atoms with E-state index in [0.29, 0.717) is 5.92 Å². The summed E-state index contributed by atoms with van der Waals surface area (Å²) in [4.78, 5) is 9.29. The summed E-state index contributed by atoms with van der Waals surface area (Å²) in [5.74, 6) is 1.29. The normalized spacial score (nSPS) is 14.8. The maximum atomic E-state index is 6.32. The number of nitrogens with zero attached hydrogens (tertiary/aromatic N) is 2. The van der Waals surface area contributed by atoms with Crippen LogP contribution in [-0.4, -0.2) is 9.97 Å². The molecule has 0 saturated heterocycles. The molecule has 3 heterocycles. The fraction of sp³-hybridized carbons (Fsp3) is 0.0857. The van der Waals surface area contributed by atoms with Crippen molar-refractivity contribution >= 4 is 48.7 Å². The van der Waals surface area contributed by atoms with Crippen molar-refractivity contribution in [1.29, 1.82) is 0 Å². The van der Waals surface area contributed by atoms with Gasteiger partial charge in [0.15, 0.2) is 5.58 Å². The average molecular weight is 521 g/mol. The van der Waals surface area contributed by atoms with E-state index in [-0.39, 0.29) is 0 Å². The molecular formula is C35H24N2OS. The van der Waals surface area contributed by atoms with Gasteiger partial charge in [-0.15, -0.1) is 11.3 Å². The Morgan fingerprint density at radius 1 is 0.769 bits per heavy atom. The van der Waals surface area contributed by atoms with Crippen LogP contribution in [0.1, 0.15) is 30.6 Å². The number of thiophene rings is 1. The second kappa shape index (κ2) is 8.75. The van der Waals surface area contributed by atoms with Gasteiger partial charge in [0.05, 0.1) is 0 Å². The third-order valence-electron chi connectivity index (χ3n) is 7.84. The zero-order chi connectivity index (χ0) is 25.9. The highest BCUT2D eigenvalue weighted by Gasteiger charge is 2.24. The Morgan fingerprint density at radius 3 is 2.41 bits per heavy atom. The Morgan fingerprint density at radius 2 is 1.51 bits per heavy atom. The molecule has 0 spiro atoms. The lowest BCUT2D eigenvalue weighted by Crippen LogP contribution is -1.97. The first kappa shape index (κ1) is 22.4. The van der Waals surface area contributed by atoms with Crippen LogP contribution < -0.4 is 0 Å². The lowest BCUT2D eigenvalue weighted by molar-refractivity contribution is 0.586. The quantitative estimate of drug-likeness (QED) is 0.233. The summed E-state index contributed by atoms with van der Waals surface area (Å²) in [7, 11) is 0. The largest absolute Gasteiger partial charge is 0.452 e. The van der Waals surface area contributed by atoms with Crippen LogP contribution in [0, 0.1) is 0 Å². The van der Waals surface area contributed by atoms with Gasteiger partial charge in [-0.3, -0.25) is 0 Å². The van der Waals surface area contributed by atoms with E-state index in [2.05, 4.69) is 120 Å². The topological polar surface area (TPSA) is 38.9 Å². The predicted octanol–water partition coefficient (Wildman–Crippen LogP) is 10.1. The van der Waals surface area contributed by atoms with Crippen LogP contribution in [0.15, 0.2) is 108 Å². The third kappa shape index (κ3) is 3.56. The van der Waals surface area contributed by atoms with Crippen LogP contribution in [-0.2, 0) is 0 Å². The maximum Gasteiger partial charge on any atom is 0.179 e. The molecule has 0 fully saturated rings. The van der Waals surface area contributed by atoms with E-state index >= 15 is 0 Å². The fourth-order valence-corrected chi connectivity index (χ4v) is 7.17. The van der Waals surface area contributed by atoms with E-state index in [1.807, 2.05) is 11.3 Å². The van der Waals surface area contributed by atoms with Gasteiger partial charge in [0.2, 0.25) is 0 Å². The molecule has 39 heavy (non-hydrogen) atoms. The molecule has 186 valence electrons. The van der Waals surface area contributed by atoms with Crippen LogP contribution in [0.5, 0.6) is 0 Å². The SMILES string of the molecule is CC1CC=Cc2oc3c(-c4cccc(-c5cccc(-c6cccc7c6sc6ccccc67)c5)c4)ncnc3c21. The molecule has 0 bridgehead atoms. The van der Waals surface area contributed by atoms with E-state index in [1.165, 1.54) is 42.4 Å². The first-order chi connectivity index (χ1) is 19.2. The van der Waals surface area contributed by atoms with Crippen LogP contribution in [0.4, 0.5) is 0 Å². The Hall–Kier alpha value is -4.54. The van der Waals surface area contributed by atoms with Gasteiger partial charge in [0.25, 0.3) is 0 Å². The van der Waals surface area contributed by atoms with Gasteiger partial charge >= 0.3 is 0 Å². The summed E-state index contributed by atoms with van der Waals surface area (Å²) < 4.78 is 8.98. The van der Waals surface area contributed by atoms with Gasteiger partial charge in [-0.05, 0) is 58.9 Å². The summed E-state index contributed by atoms with van der Waals surface area (Å²) in [6.07, 6.45) is 6.91. The molecule has 4 aromatic carbocycles. The molecule has 7 aromatic rings. The molecule has 1 unspecified atom stereocenters. The summed E-state index contributed by atoms with van der Waals surface area (Å²) >= 11 is 1.87. The van der Waals surface area contributed by atoms with Crippen LogP contribution >= 0.6 is 11.3 Å². The number of hydrogen-bond acceptors (Lipinski definition) is 4. The van der Waals surface area contributed by atoms with Gasteiger partial charge < -0.3 is 4.42 Å². The van der Waals surface area contributed by atoms with Gasteiger partial charge in [-0.2, -0.15) is 0 Å². The minimum atomic E-state index is 0.383. The maximum absolute atomic E-state index is 6.32. The molecule has 3 aromatic heterocycles. The van der Waals surface area contributed by atoms with Crippen molar-refractivity contribution in [1.82, 2.24) is 9.97 Å². The third-order valence-corrected chi connectivity index (χ3v) is 9.06. The van der Waals surface area contributed by atoms with Gasteiger partial charge in [-0.25, -0.2) is 9.97 Å². The number of fused-ring (bicyclic) bond motifs is 6. The zero-order valence-corrected chi connectivity index (χ0v) is 22.2. The minimum absolute atomic E-state index is 0.383. The summed E-state index contributed by atoms with van der Waals surface area (Å²) in [6.45, 7) is 2.23. The molecule has 1 aliphatic rings. The van der Waals surface area contributed by atoms with Gasteiger partial charge in [-0.1, -0.05) is 85.8 Å². The lowest BCUT2D eigenvalue weighted by Gasteiger charge is -2.11. The molecule has 0 amide bonds. The number of hydrogen-bond donors (Lipinski definition) is 0. The number of rotatable bonds is 3. The standard InChI is InChI=1S/C35H24N2OS/c1-21-8-4-16-29-31(21)33-34(38-29)32(36-20-37-33)25-12-6-10-23(19-25)22-9-5-11-24(18-22)26-14-7-15-28-27-13-2-3-17-30(27)39-35(26)28/h2-7,9-21H,8H2,1H3. The van der Waals surface area contributed by atoms with Crippen molar-refractivity contribution in [2.45, 2.75) is 19.3 Å². The molecule has 1 aliphatic carbocycles. The lowest BCUT2D eigenvalue weighted by atomic mass is 9.92. The summed E-state index contributed by atoms with van der Waals surface area (Å²) in [6, 6.07) is 32.7. The molecule has 1 atom stereocenters. The number of furan rings is 1. The van der Waals surface area contributed by atoms with Crippen molar-refractivity contribution in [3.05, 3.63) is 115 Å². The van der Waals surface area contributed by atoms with Crippen molar-refractivity contribution in [3.8, 4) is 33.5 Å². The van der Waals surface area contributed by atoms with Crippen molar-refractivity contribution < 1.29 is 4.42 Å². The number of aromatic nitrogens is 2. The molecule has 0 aliphatic heterocycles. The second-order valence-corrected chi connectivity index (χ2v) is 11.3. The van der Waals surface area contributed by atoms with Gasteiger partial charge in [0.1, 0.15) is 23.3 Å². The van der Waals surface area contributed by atoms with Crippen LogP contribution in [0.25, 0.3) is 70.9 Å². The minimum Gasteiger partial charge on any atom is -0.452 e. The Bertz CT molecular complexity index is 2080. The Balaban J connectivity index is 1.24. The van der Waals surface area contributed by atoms with E-state index in [0.717, 1.165) is 40.1 Å². The highest BCUT2D eigenvalue weighted by atomic mass is 32.1. The predicted molar refractivity (Wildman–Crippen MR) is 163 cm³/mol. The van der Waals surface area contributed by atoms with E-state index in [1.54, 1.807) is 6.33 Å². The molecular weight excluding hydrogens is 496 g/mol. The monoisotopic (exact) mass is 520 g/mol.